The van der Waals surface area contributed by atoms with Crippen LogP contribution >= 0.6 is 0 Å². The van der Waals surface area contributed by atoms with Crippen molar-refractivity contribution < 1.29 is 9.59 Å². The molecule has 1 atom stereocenters. The number of hydrogen-bond acceptors (Lipinski definition) is 3. The summed E-state index contributed by atoms with van der Waals surface area (Å²) in [5.41, 5.74) is 6.63. The quantitative estimate of drug-likeness (QED) is 0.808. The number of hydrogen-bond donors (Lipinski definition) is 2. The van der Waals surface area contributed by atoms with Gasteiger partial charge in [-0.05, 0) is 31.2 Å². The highest BCUT2D eigenvalue weighted by Crippen LogP contribution is 2.10. The number of carbonyl (C=O) groups is 2. The van der Waals surface area contributed by atoms with Crippen LogP contribution in [0.3, 0.4) is 0 Å². The van der Waals surface area contributed by atoms with Crippen molar-refractivity contribution in [2.45, 2.75) is 13.0 Å². The van der Waals surface area contributed by atoms with Gasteiger partial charge in [0.1, 0.15) is 0 Å². The number of amides is 2. The van der Waals surface area contributed by atoms with Gasteiger partial charge in [0.05, 0.1) is 6.04 Å². The fourth-order valence-corrected chi connectivity index (χ4v) is 1.21. The first kappa shape index (κ1) is 13.2. The first-order valence-electron chi connectivity index (χ1n) is 5.30. The van der Waals surface area contributed by atoms with Gasteiger partial charge in [-0.15, -0.1) is 0 Å². The number of anilines is 1. The van der Waals surface area contributed by atoms with Gasteiger partial charge < -0.3 is 16.0 Å². The Hall–Kier alpha value is -1.88. The lowest BCUT2D eigenvalue weighted by atomic mass is 10.2. The van der Waals surface area contributed by atoms with Gasteiger partial charge in [0, 0.05) is 25.3 Å². The van der Waals surface area contributed by atoms with Crippen molar-refractivity contribution >= 4 is 17.5 Å². The number of nitrogens with two attached hydrogens (primary N) is 1. The Balaban J connectivity index is 2.75. The van der Waals surface area contributed by atoms with E-state index in [-0.39, 0.29) is 11.8 Å². The van der Waals surface area contributed by atoms with Gasteiger partial charge in [-0.25, -0.2) is 0 Å². The number of nitrogens with one attached hydrogen (secondary N) is 1. The summed E-state index contributed by atoms with van der Waals surface area (Å²) >= 11 is 0. The smallest absolute Gasteiger partial charge is 0.253 e. The molecule has 0 fully saturated rings. The van der Waals surface area contributed by atoms with Crippen molar-refractivity contribution in [3.05, 3.63) is 29.8 Å². The van der Waals surface area contributed by atoms with Gasteiger partial charge in [-0.3, -0.25) is 9.59 Å². The van der Waals surface area contributed by atoms with E-state index in [0.717, 1.165) is 0 Å². The Morgan fingerprint density at radius 3 is 2.18 bits per heavy atom. The highest BCUT2D eigenvalue weighted by molar-refractivity contribution is 5.96. The van der Waals surface area contributed by atoms with E-state index in [1.807, 2.05) is 0 Å². The molecule has 0 aromatic heterocycles. The van der Waals surface area contributed by atoms with E-state index in [4.69, 9.17) is 5.73 Å². The van der Waals surface area contributed by atoms with Crippen LogP contribution in [0.5, 0.6) is 0 Å². The molecule has 1 aromatic carbocycles. The zero-order chi connectivity index (χ0) is 13.0. The Kier molecular flexibility index (Phi) is 4.23. The third-order valence-corrected chi connectivity index (χ3v) is 2.22. The number of rotatable bonds is 3. The van der Waals surface area contributed by atoms with Crippen molar-refractivity contribution in [2.75, 3.05) is 19.4 Å². The monoisotopic (exact) mass is 235 g/mol. The summed E-state index contributed by atoms with van der Waals surface area (Å²) in [5, 5.41) is 2.65. The van der Waals surface area contributed by atoms with Crippen molar-refractivity contribution in [1.82, 2.24) is 4.90 Å². The molecule has 1 aromatic rings. The summed E-state index contributed by atoms with van der Waals surface area (Å²) in [5.74, 6) is -0.327. The SMILES string of the molecule is C[C@H](N)C(=O)Nc1ccc(C(=O)N(C)C)cc1. The summed E-state index contributed by atoms with van der Waals surface area (Å²) in [6, 6.07) is 6.13. The summed E-state index contributed by atoms with van der Waals surface area (Å²) in [7, 11) is 3.38. The first-order valence-corrected chi connectivity index (χ1v) is 5.30. The second-order valence-corrected chi connectivity index (χ2v) is 4.05. The van der Waals surface area contributed by atoms with Crippen LogP contribution in [0, 0.1) is 0 Å². The van der Waals surface area contributed by atoms with E-state index in [1.165, 1.54) is 4.90 Å². The maximum absolute atomic E-state index is 11.6. The van der Waals surface area contributed by atoms with Crippen LogP contribution < -0.4 is 11.1 Å². The Bertz CT molecular complexity index is 410. The highest BCUT2D eigenvalue weighted by Gasteiger charge is 2.09. The zero-order valence-corrected chi connectivity index (χ0v) is 10.2. The molecule has 17 heavy (non-hydrogen) atoms. The minimum absolute atomic E-state index is 0.0740. The molecule has 92 valence electrons. The molecule has 2 amide bonds. The normalized spacial score (nSPS) is 11.8. The summed E-state index contributed by atoms with van der Waals surface area (Å²) in [6.45, 7) is 1.61. The molecule has 0 unspecified atom stereocenters. The summed E-state index contributed by atoms with van der Waals surface area (Å²) in [6.07, 6.45) is 0. The predicted octanol–water partition coefficient (Wildman–Crippen LogP) is 0.674. The zero-order valence-electron chi connectivity index (χ0n) is 10.2. The van der Waals surface area contributed by atoms with E-state index in [0.29, 0.717) is 11.3 Å². The maximum atomic E-state index is 11.6. The van der Waals surface area contributed by atoms with E-state index >= 15 is 0 Å². The van der Waals surface area contributed by atoms with Gasteiger partial charge in [-0.1, -0.05) is 0 Å². The van der Waals surface area contributed by atoms with Crippen LogP contribution in [0.2, 0.25) is 0 Å². The van der Waals surface area contributed by atoms with Crippen molar-refractivity contribution in [1.29, 1.82) is 0 Å². The molecule has 0 bridgehead atoms. The lowest BCUT2D eigenvalue weighted by Crippen LogP contribution is -2.32. The molecule has 0 saturated heterocycles. The molecule has 0 aliphatic rings. The minimum Gasteiger partial charge on any atom is -0.345 e. The number of benzene rings is 1. The summed E-state index contributed by atoms with van der Waals surface area (Å²) < 4.78 is 0. The molecule has 0 saturated carbocycles. The standard InChI is InChI=1S/C12H17N3O2/c1-8(13)11(16)14-10-6-4-9(5-7-10)12(17)15(2)3/h4-8H,13H2,1-3H3,(H,14,16)/t8-/m0/s1. The minimum atomic E-state index is -0.557. The lowest BCUT2D eigenvalue weighted by molar-refractivity contribution is -0.117. The lowest BCUT2D eigenvalue weighted by Gasteiger charge is -2.11. The molecule has 5 heteroatoms. The predicted molar refractivity (Wildman–Crippen MR) is 66.7 cm³/mol. The van der Waals surface area contributed by atoms with Crippen molar-refractivity contribution in [3.8, 4) is 0 Å². The third kappa shape index (κ3) is 3.57. The van der Waals surface area contributed by atoms with Gasteiger partial charge in [0.25, 0.3) is 5.91 Å². The van der Waals surface area contributed by atoms with E-state index in [2.05, 4.69) is 5.32 Å². The molecule has 5 nitrogen and oxygen atoms in total. The average Bonchev–Trinajstić information content (AvgIpc) is 2.28. The second-order valence-electron chi connectivity index (χ2n) is 4.05. The third-order valence-electron chi connectivity index (χ3n) is 2.22. The van der Waals surface area contributed by atoms with Gasteiger partial charge >= 0.3 is 0 Å². The Labute approximate surface area is 101 Å². The fraction of sp³-hybridized carbons (Fsp3) is 0.333. The molecule has 3 N–H and O–H groups in total. The van der Waals surface area contributed by atoms with Gasteiger partial charge in [0.2, 0.25) is 5.91 Å². The van der Waals surface area contributed by atoms with Crippen LogP contribution in [-0.2, 0) is 4.79 Å². The van der Waals surface area contributed by atoms with Crippen molar-refractivity contribution in [2.24, 2.45) is 5.73 Å². The molecule has 0 heterocycles. The molecular weight excluding hydrogens is 218 g/mol. The van der Waals surface area contributed by atoms with Crippen LogP contribution in [0.25, 0.3) is 0 Å². The Morgan fingerprint density at radius 2 is 1.76 bits per heavy atom. The van der Waals surface area contributed by atoms with Gasteiger partial charge in [0.15, 0.2) is 0 Å². The second kappa shape index (κ2) is 5.45. The van der Waals surface area contributed by atoms with Crippen LogP contribution in [-0.4, -0.2) is 36.9 Å². The Morgan fingerprint density at radius 1 is 1.24 bits per heavy atom. The average molecular weight is 235 g/mol. The topological polar surface area (TPSA) is 75.4 Å². The van der Waals surface area contributed by atoms with Crippen molar-refractivity contribution in [3.63, 3.8) is 0 Å². The van der Waals surface area contributed by atoms with E-state index in [9.17, 15) is 9.59 Å². The largest absolute Gasteiger partial charge is 0.345 e. The van der Waals surface area contributed by atoms with E-state index < -0.39 is 6.04 Å². The van der Waals surface area contributed by atoms with Gasteiger partial charge in [-0.2, -0.15) is 0 Å². The van der Waals surface area contributed by atoms with Crippen LogP contribution in [0.15, 0.2) is 24.3 Å². The number of nitrogens with zero attached hydrogens (tertiary/aromatic N) is 1. The first-order chi connectivity index (χ1) is 7.91. The fourth-order valence-electron chi connectivity index (χ4n) is 1.21. The van der Waals surface area contributed by atoms with Crippen LogP contribution in [0.1, 0.15) is 17.3 Å². The van der Waals surface area contributed by atoms with E-state index in [1.54, 1.807) is 45.3 Å². The molecule has 0 aliphatic carbocycles. The molecule has 1 rings (SSSR count). The van der Waals surface area contributed by atoms with Crippen LogP contribution in [0.4, 0.5) is 5.69 Å². The molecular formula is C12H17N3O2. The number of carbonyl (C=O) groups excluding carboxylic acids is 2. The molecule has 0 aliphatic heterocycles. The molecule has 0 spiro atoms. The molecule has 0 radical (unpaired) electrons. The summed E-state index contributed by atoms with van der Waals surface area (Å²) in [4.78, 5) is 24.4. The highest BCUT2D eigenvalue weighted by atomic mass is 16.2. The maximum Gasteiger partial charge on any atom is 0.253 e.